The van der Waals surface area contributed by atoms with Gasteiger partial charge in [0.1, 0.15) is 0 Å². The Morgan fingerprint density at radius 2 is 1.88 bits per heavy atom. The molecular formula is C20H27N3O3. The van der Waals surface area contributed by atoms with E-state index < -0.39 is 0 Å². The molecule has 2 fully saturated rings. The number of aromatic nitrogens is 2. The molecule has 1 aliphatic heterocycles. The molecule has 6 heteroatoms. The van der Waals surface area contributed by atoms with Gasteiger partial charge in [-0.1, -0.05) is 43.4 Å². The molecule has 4 rings (SSSR count). The van der Waals surface area contributed by atoms with Crippen molar-refractivity contribution in [1.29, 1.82) is 0 Å². The molecule has 6 nitrogen and oxygen atoms in total. The van der Waals surface area contributed by atoms with Gasteiger partial charge in [0, 0.05) is 24.6 Å². The van der Waals surface area contributed by atoms with E-state index in [4.69, 9.17) is 9.05 Å². The Balaban J connectivity index is 1.50. The van der Waals surface area contributed by atoms with Crippen molar-refractivity contribution >= 4 is 5.91 Å². The van der Waals surface area contributed by atoms with Gasteiger partial charge in [0.15, 0.2) is 5.76 Å². The molecule has 0 unspecified atom stereocenters. The number of carbonyl (C=O) groups excluding carboxylic acids is 1. The molecule has 0 bridgehead atoms. The van der Waals surface area contributed by atoms with Crippen molar-refractivity contribution in [3.8, 4) is 0 Å². The van der Waals surface area contributed by atoms with Gasteiger partial charge in [0.25, 0.3) is 5.91 Å². The third-order valence-electron chi connectivity index (χ3n) is 5.74. The van der Waals surface area contributed by atoms with Crippen LogP contribution in [0.1, 0.15) is 104 Å². The predicted octanol–water partition coefficient (Wildman–Crippen LogP) is 4.81. The smallest absolute Gasteiger partial charge is 0.293 e. The highest BCUT2D eigenvalue weighted by molar-refractivity contribution is 5.92. The van der Waals surface area contributed by atoms with E-state index in [2.05, 4.69) is 24.2 Å². The molecule has 2 aliphatic rings. The van der Waals surface area contributed by atoms with Crippen LogP contribution >= 0.6 is 0 Å². The van der Waals surface area contributed by atoms with Crippen LogP contribution in [-0.4, -0.2) is 27.7 Å². The minimum absolute atomic E-state index is 0.0641. The number of carbonyl (C=O) groups is 1. The summed E-state index contributed by atoms with van der Waals surface area (Å²) in [6.45, 7) is 4.88. The standard InChI is InChI=1S/C20H27N3O3/c1-13(2)15-11-18(25-21-15)17-9-6-10-23(17)20(24)19-12-16(22-26-19)14-7-4-3-5-8-14/h11-14,17H,3-10H2,1-2H3/t17-/m1/s1. The van der Waals surface area contributed by atoms with Crippen molar-refractivity contribution < 1.29 is 13.8 Å². The second-order valence-corrected chi connectivity index (χ2v) is 7.92. The lowest BCUT2D eigenvalue weighted by atomic mass is 9.87. The maximum Gasteiger partial charge on any atom is 0.293 e. The zero-order chi connectivity index (χ0) is 18.1. The van der Waals surface area contributed by atoms with Gasteiger partial charge < -0.3 is 13.9 Å². The summed E-state index contributed by atoms with van der Waals surface area (Å²) < 4.78 is 11.0. The molecule has 3 heterocycles. The molecule has 1 atom stereocenters. The Labute approximate surface area is 153 Å². The van der Waals surface area contributed by atoms with Gasteiger partial charge in [-0.25, -0.2) is 0 Å². The second-order valence-electron chi connectivity index (χ2n) is 7.92. The first-order valence-corrected chi connectivity index (χ1v) is 9.87. The second kappa shape index (κ2) is 7.25. The molecule has 0 spiro atoms. The first kappa shape index (κ1) is 17.3. The average Bonchev–Trinajstić information content (AvgIpc) is 3.41. The van der Waals surface area contributed by atoms with Crippen molar-refractivity contribution in [3.63, 3.8) is 0 Å². The Morgan fingerprint density at radius 1 is 1.08 bits per heavy atom. The number of nitrogens with zero attached hydrogens (tertiary/aromatic N) is 3. The molecule has 0 aromatic carbocycles. The summed E-state index contributed by atoms with van der Waals surface area (Å²) in [4.78, 5) is 14.8. The van der Waals surface area contributed by atoms with Crippen LogP contribution in [0, 0.1) is 0 Å². The summed E-state index contributed by atoms with van der Waals surface area (Å²) in [6.07, 6.45) is 7.90. The van der Waals surface area contributed by atoms with E-state index in [0.717, 1.165) is 42.8 Å². The van der Waals surface area contributed by atoms with Crippen LogP contribution in [0.4, 0.5) is 0 Å². The van der Waals surface area contributed by atoms with Crippen LogP contribution in [0.5, 0.6) is 0 Å². The molecule has 1 aliphatic carbocycles. The van der Waals surface area contributed by atoms with Crippen LogP contribution in [-0.2, 0) is 0 Å². The molecule has 0 radical (unpaired) electrons. The molecule has 140 valence electrons. The first-order valence-electron chi connectivity index (χ1n) is 9.87. The topological polar surface area (TPSA) is 72.4 Å². The molecule has 1 amide bonds. The first-order chi connectivity index (χ1) is 12.6. The van der Waals surface area contributed by atoms with Crippen molar-refractivity contribution in [2.45, 2.75) is 76.7 Å². The van der Waals surface area contributed by atoms with Crippen LogP contribution in [0.3, 0.4) is 0 Å². The summed E-state index contributed by atoms with van der Waals surface area (Å²) in [5.41, 5.74) is 1.86. The van der Waals surface area contributed by atoms with E-state index >= 15 is 0 Å². The highest BCUT2D eigenvalue weighted by Crippen LogP contribution is 2.36. The predicted molar refractivity (Wildman–Crippen MR) is 95.9 cm³/mol. The maximum atomic E-state index is 13.0. The molecule has 26 heavy (non-hydrogen) atoms. The van der Waals surface area contributed by atoms with Crippen molar-refractivity contribution in [2.24, 2.45) is 0 Å². The third-order valence-corrected chi connectivity index (χ3v) is 5.74. The number of hydrogen-bond acceptors (Lipinski definition) is 5. The molecular weight excluding hydrogens is 330 g/mol. The summed E-state index contributed by atoms with van der Waals surface area (Å²) in [5.74, 6) is 1.77. The monoisotopic (exact) mass is 357 g/mol. The third kappa shape index (κ3) is 3.29. The maximum absolute atomic E-state index is 13.0. The SMILES string of the molecule is CC(C)c1cc([C@H]2CCCN2C(=O)c2cc(C3CCCCC3)no2)on1. The Bertz CT molecular complexity index is 758. The van der Waals surface area contributed by atoms with E-state index in [-0.39, 0.29) is 11.9 Å². The largest absolute Gasteiger partial charge is 0.359 e. The van der Waals surface area contributed by atoms with Crippen LogP contribution in [0.15, 0.2) is 21.2 Å². The van der Waals surface area contributed by atoms with Gasteiger partial charge in [0.2, 0.25) is 5.76 Å². The lowest BCUT2D eigenvalue weighted by Crippen LogP contribution is -2.30. The molecule has 1 saturated carbocycles. The van der Waals surface area contributed by atoms with Gasteiger partial charge in [-0.2, -0.15) is 0 Å². The van der Waals surface area contributed by atoms with Crippen LogP contribution in [0.2, 0.25) is 0 Å². The number of rotatable bonds is 4. The zero-order valence-corrected chi connectivity index (χ0v) is 15.6. The van der Waals surface area contributed by atoms with Gasteiger partial charge >= 0.3 is 0 Å². The fraction of sp³-hybridized carbons (Fsp3) is 0.650. The quantitative estimate of drug-likeness (QED) is 0.785. The summed E-state index contributed by atoms with van der Waals surface area (Å²) in [7, 11) is 0. The van der Waals surface area contributed by atoms with Crippen LogP contribution < -0.4 is 0 Å². The van der Waals surface area contributed by atoms with Crippen molar-refractivity contribution in [1.82, 2.24) is 15.2 Å². The van der Waals surface area contributed by atoms with Crippen molar-refractivity contribution in [2.75, 3.05) is 6.54 Å². The highest BCUT2D eigenvalue weighted by atomic mass is 16.5. The van der Waals surface area contributed by atoms with Crippen LogP contribution in [0.25, 0.3) is 0 Å². The fourth-order valence-corrected chi connectivity index (χ4v) is 4.16. The summed E-state index contributed by atoms with van der Waals surface area (Å²) >= 11 is 0. The number of likely N-dealkylation sites (tertiary alicyclic amines) is 1. The minimum Gasteiger partial charge on any atom is -0.359 e. The Morgan fingerprint density at radius 3 is 2.62 bits per heavy atom. The van der Waals surface area contributed by atoms with Crippen molar-refractivity contribution in [3.05, 3.63) is 35.0 Å². The fourth-order valence-electron chi connectivity index (χ4n) is 4.16. The number of hydrogen-bond donors (Lipinski definition) is 0. The van der Waals surface area contributed by atoms with E-state index in [1.54, 1.807) is 0 Å². The van der Waals surface area contributed by atoms with Gasteiger partial charge in [-0.3, -0.25) is 4.79 Å². The van der Waals surface area contributed by atoms with E-state index in [0.29, 0.717) is 24.1 Å². The molecule has 1 saturated heterocycles. The summed E-state index contributed by atoms with van der Waals surface area (Å²) in [5, 5.41) is 8.34. The summed E-state index contributed by atoms with van der Waals surface area (Å²) in [6, 6.07) is 3.77. The van der Waals surface area contributed by atoms with E-state index in [1.165, 1.54) is 19.3 Å². The van der Waals surface area contributed by atoms with Gasteiger partial charge in [0.05, 0.1) is 17.4 Å². The minimum atomic E-state index is -0.0930. The average molecular weight is 357 g/mol. The molecule has 2 aromatic heterocycles. The van der Waals surface area contributed by atoms with Gasteiger partial charge in [-0.05, 0) is 31.6 Å². The van der Waals surface area contributed by atoms with Gasteiger partial charge in [-0.15, -0.1) is 0 Å². The molecule has 2 aromatic rings. The zero-order valence-electron chi connectivity index (χ0n) is 15.6. The number of amides is 1. The lowest BCUT2D eigenvalue weighted by Gasteiger charge is -2.21. The molecule has 0 N–H and O–H groups in total. The normalized spacial score (nSPS) is 21.7. The Kier molecular flexibility index (Phi) is 4.83. The lowest BCUT2D eigenvalue weighted by molar-refractivity contribution is 0.0672. The van der Waals surface area contributed by atoms with E-state index in [9.17, 15) is 4.79 Å². The Hall–Kier alpha value is -2.11. The highest BCUT2D eigenvalue weighted by Gasteiger charge is 2.35. The van der Waals surface area contributed by atoms with E-state index in [1.807, 2.05) is 17.0 Å².